The molecule has 0 radical (unpaired) electrons. The molecule has 28 heavy (non-hydrogen) atoms. The van der Waals surface area contributed by atoms with Crippen LogP contribution >= 0.6 is 0 Å². The lowest BCUT2D eigenvalue weighted by molar-refractivity contribution is 0.102. The second kappa shape index (κ2) is 7.89. The lowest BCUT2D eigenvalue weighted by Gasteiger charge is -2.27. The van der Waals surface area contributed by atoms with E-state index < -0.39 is 10.0 Å². The number of pyridine rings is 1. The number of sulfonamides is 1. The molecule has 0 atom stereocenters. The van der Waals surface area contributed by atoms with Crippen LogP contribution in [0, 0.1) is 0 Å². The first-order valence-corrected chi connectivity index (χ1v) is 11.1. The van der Waals surface area contributed by atoms with Gasteiger partial charge in [-0.25, -0.2) is 18.1 Å². The van der Waals surface area contributed by atoms with Crippen LogP contribution in [0.2, 0.25) is 0 Å². The standard InChI is InChI=1S/C20H24N4O3S/c25-20(15-5-4-6-18(13-15)28(26,27)23-16-7-8-16)22-17-9-10-19(21-14-17)24-11-2-1-3-12-24/h4-6,9-10,13-14,16,23H,1-3,7-8,11-12H2,(H,22,25). The molecule has 1 aliphatic heterocycles. The van der Waals surface area contributed by atoms with Crippen molar-refractivity contribution in [3.05, 3.63) is 48.2 Å². The fourth-order valence-electron chi connectivity index (χ4n) is 3.27. The van der Waals surface area contributed by atoms with Gasteiger partial charge in [-0.1, -0.05) is 6.07 Å². The van der Waals surface area contributed by atoms with Crippen molar-refractivity contribution in [2.45, 2.75) is 43.0 Å². The third-order valence-electron chi connectivity index (χ3n) is 4.99. The number of nitrogens with zero attached hydrogens (tertiary/aromatic N) is 2. The quantitative estimate of drug-likeness (QED) is 0.778. The summed E-state index contributed by atoms with van der Waals surface area (Å²) in [5.41, 5.74) is 0.869. The fourth-order valence-corrected chi connectivity index (χ4v) is 4.62. The minimum atomic E-state index is -3.59. The normalized spacial score (nSPS) is 17.4. The molecule has 1 aromatic heterocycles. The zero-order valence-corrected chi connectivity index (χ0v) is 16.4. The second-order valence-corrected chi connectivity index (χ2v) is 9.04. The molecular formula is C20H24N4O3S. The van der Waals surface area contributed by atoms with Crippen LogP contribution in [0.4, 0.5) is 11.5 Å². The summed E-state index contributed by atoms with van der Waals surface area (Å²) >= 11 is 0. The van der Waals surface area contributed by atoms with Crippen LogP contribution in [0.5, 0.6) is 0 Å². The van der Waals surface area contributed by atoms with Gasteiger partial charge in [-0.2, -0.15) is 0 Å². The topological polar surface area (TPSA) is 91.4 Å². The summed E-state index contributed by atoms with van der Waals surface area (Å²) in [6.45, 7) is 2.02. The third kappa shape index (κ3) is 4.51. The Balaban J connectivity index is 1.44. The van der Waals surface area contributed by atoms with Crippen LogP contribution in [-0.2, 0) is 10.0 Å². The lowest BCUT2D eigenvalue weighted by Crippen LogP contribution is -2.30. The Hall–Kier alpha value is -2.45. The van der Waals surface area contributed by atoms with E-state index in [1.807, 2.05) is 12.1 Å². The molecule has 1 aromatic carbocycles. The molecule has 1 saturated heterocycles. The number of piperidine rings is 1. The molecule has 2 N–H and O–H groups in total. The van der Waals surface area contributed by atoms with Gasteiger partial charge in [0.05, 0.1) is 16.8 Å². The largest absolute Gasteiger partial charge is 0.357 e. The zero-order chi connectivity index (χ0) is 19.6. The first-order valence-electron chi connectivity index (χ1n) is 9.66. The van der Waals surface area contributed by atoms with Crippen LogP contribution in [-0.4, -0.2) is 38.4 Å². The van der Waals surface area contributed by atoms with Gasteiger partial charge in [0.15, 0.2) is 0 Å². The summed E-state index contributed by atoms with van der Waals surface area (Å²) in [6.07, 6.45) is 6.97. The minimum Gasteiger partial charge on any atom is -0.357 e. The van der Waals surface area contributed by atoms with Gasteiger partial charge in [-0.05, 0) is 62.4 Å². The number of hydrogen-bond donors (Lipinski definition) is 2. The number of rotatable bonds is 6. The maximum atomic E-state index is 12.5. The first-order chi connectivity index (χ1) is 13.5. The molecule has 4 rings (SSSR count). The van der Waals surface area contributed by atoms with Gasteiger partial charge in [0.1, 0.15) is 5.82 Å². The SMILES string of the molecule is O=C(Nc1ccc(N2CCCCC2)nc1)c1cccc(S(=O)(=O)NC2CC2)c1. The monoisotopic (exact) mass is 400 g/mol. The van der Waals surface area contributed by atoms with Crippen molar-refractivity contribution < 1.29 is 13.2 Å². The van der Waals surface area contributed by atoms with E-state index in [9.17, 15) is 13.2 Å². The van der Waals surface area contributed by atoms with Gasteiger partial charge in [0.25, 0.3) is 5.91 Å². The van der Waals surface area contributed by atoms with Crippen molar-refractivity contribution in [2.75, 3.05) is 23.3 Å². The molecule has 2 aliphatic rings. The predicted molar refractivity (Wildman–Crippen MR) is 108 cm³/mol. The van der Waals surface area contributed by atoms with E-state index in [4.69, 9.17) is 0 Å². The number of nitrogens with one attached hydrogen (secondary N) is 2. The van der Waals surface area contributed by atoms with E-state index >= 15 is 0 Å². The molecule has 1 aliphatic carbocycles. The zero-order valence-electron chi connectivity index (χ0n) is 15.6. The van der Waals surface area contributed by atoms with E-state index in [1.165, 1.54) is 31.4 Å². The van der Waals surface area contributed by atoms with Crippen molar-refractivity contribution in [3.63, 3.8) is 0 Å². The first kappa shape index (κ1) is 18.9. The molecule has 0 spiro atoms. The highest BCUT2D eigenvalue weighted by molar-refractivity contribution is 7.89. The highest BCUT2D eigenvalue weighted by atomic mass is 32.2. The van der Waals surface area contributed by atoms with Crippen molar-refractivity contribution >= 4 is 27.4 Å². The van der Waals surface area contributed by atoms with Crippen molar-refractivity contribution in [1.82, 2.24) is 9.71 Å². The van der Waals surface area contributed by atoms with Crippen LogP contribution in [0.15, 0.2) is 47.5 Å². The number of anilines is 2. The number of aromatic nitrogens is 1. The molecule has 0 unspecified atom stereocenters. The maximum Gasteiger partial charge on any atom is 0.255 e. The van der Waals surface area contributed by atoms with Gasteiger partial charge in [-0.15, -0.1) is 0 Å². The van der Waals surface area contributed by atoms with E-state index in [1.54, 1.807) is 18.3 Å². The average molecular weight is 401 g/mol. The van der Waals surface area contributed by atoms with Crippen molar-refractivity contribution in [2.24, 2.45) is 0 Å². The lowest BCUT2D eigenvalue weighted by atomic mass is 10.1. The number of benzene rings is 1. The Labute approximate surface area is 165 Å². The van der Waals surface area contributed by atoms with Crippen molar-refractivity contribution in [3.8, 4) is 0 Å². The van der Waals surface area contributed by atoms with E-state index in [0.29, 0.717) is 11.3 Å². The van der Waals surface area contributed by atoms with Crippen LogP contribution in [0.25, 0.3) is 0 Å². The van der Waals surface area contributed by atoms with Gasteiger partial charge in [0.2, 0.25) is 10.0 Å². The number of amides is 1. The smallest absolute Gasteiger partial charge is 0.255 e. The van der Waals surface area contributed by atoms with E-state index in [0.717, 1.165) is 31.7 Å². The Bertz CT molecular complexity index is 950. The Morgan fingerprint density at radius 1 is 1.07 bits per heavy atom. The number of hydrogen-bond acceptors (Lipinski definition) is 5. The molecule has 7 nitrogen and oxygen atoms in total. The fraction of sp³-hybridized carbons (Fsp3) is 0.400. The molecule has 0 bridgehead atoms. The molecule has 148 valence electrons. The molecule has 2 fully saturated rings. The molecule has 2 heterocycles. The summed E-state index contributed by atoms with van der Waals surface area (Å²) < 4.78 is 27.3. The maximum absolute atomic E-state index is 12.5. The highest BCUT2D eigenvalue weighted by Gasteiger charge is 2.28. The van der Waals surface area contributed by atoms with Gasteiger partial charge in [-0.3, -0.25) is 4.79 Å². The molecule has 8 heteroatoms. The summed E-state index contributed by atoms with van der Waals surface area (Å²) in [5, 5.41) is 2.78. The predicted octanol–water partition coefficient (Wildman–Crippen LogP) is 2.76. The summed E-state index contributed by atoms with van der Waals surface area (Å²) in [4.78, 5) is 19.3. The summed E-state index contributed by atoms with van der Waals surface area (Å²) in [5.74, 6) is 0.549. The van der Waals surface area contributed by atoms with Crippen LogP contribution < -0.4 is 14.9 Å². The van der Waals surface area contributed by atoms with Crippen LogP contribution in [0.1, 0.15) is 42.5 Å². The molecule has 1 saturated carbocycles. The van der Waals surface area contributed by atoms with Gasteiger partial charge in [0, 0.05) is 24.7 Å². The highest BCUT2D eigenvalue weighted by Crippen LogP contribution is 2.23. The summed E-state index contributed by atoms with van der Waals surface area (Å²) in [7, 11) is -3.59. The second-order valence-electron chi connectivity index (χ2n) is 7.33. The number of carbonyl (C=O) groups is 1. The summed E-state index contributed by atoms with van der Waals surface area (Å²) in [6, 6.07) is 9.82. The van der Waals surface area contributed by atoms with Crippen LogP contribution in [0.3, 0.4) is 0 Å². The van der Waals surface area contributed by atoms with Gasteiger partial charge >= 0.3 is 0 Å². The van der Waals surface area contributed by atoms with E-state index in [2.05, 4.69) is 19.9 Å². The Morgan fingerprint density at radius 2 is 1.86 bits per heavy atom. The van der Waals surface area contributed by atoms with Crippen molar-refractivity contribution in [1.29, 1.82) is 0 Å². The van der Waals surface area contributed by atoms with Gasteiger partial charge < -0.3 is 10.2 Å². The Morgan fingerprint density at radius 3 is 2.54 bits per heavy atom. The molecular weight excluding hydrogens is 376 g/mol. The van der Waals surface area contributed by atoms with E-state index in [-0.39, 0.29) is 16.8 Å². The average Bonchev–Trinajstić information content (AvgIpc) is 3.53. The number of carbonyl (C=O) groups excluding carboxylic acids is 1. The third-order valence-corrected chi connectivity index (χ3v) is 6.51. The molecule has 2 aromatic rings. The molecule has 1 amide bonds. The Kier molecular flexibility index (Phi) is 5.32. The minimum absolute atomic E-state index is 0.0203.